The third-order valence-electron chi connectivity index (χ3n) is 5.55. The van der Waals surface area contributed by atoms with E-state index in [2.05, 4.69) is 22.3 Å². The van der Waals surface area contributed by atoms with Crippen LogP contribution in [0.1, 0.15) is 28.0 Å². The number of hydrogen-bond donors (Lipinski definition) is 1. The molecular weight excluding hydrogens is 412 g/mol. The maximum atomic E-state index is 13.0. The van der Waals surface area contributed by atoms with Gasteiger partial charge in [0, 0.05) is 22.7 Å². The largest absolute Gasteiger partial charge is 0.497 e. The second-order valence-electron chi connectivity index (χ2n) is 8.00. The minimum absolute atomic E-state index is 0.125. The molecule has 1 heterocycles. The van der Waals surface area contributed by atoms with Crippen molar-refractivity contribution in [1.82, 2.24) is 20.0 Å². The van der Waals surface area contributed by atoms with Crippen LogP contribution in [0.25, 0.3) is 16.9 Å². The predicted molar refractivity (Wildman–Crippen MR) is 123 cm³/mol. The molecule has 0 fully saturated rings. The summed E-state index contributed by atoms with van der Waals surface area (Å²) in [6.45, 7) is 1.54. The molecule has 3 aromatic rings. The Labute approximate surface area is 187 Å². The van der Waals surface area contributed by atoms with Crippen LogP contribution in [-0.4, -0.2) is 54.9 Å². The number of ether oxygens (including phenoxy) is 1. The van der Waals surface area contributed by atoms with E-state index in [0.29, 0.717) is 17.3 Å². The van der Waals surface area contributed by atoms with Gasteiger partial charge in [-0.2, -0.15) is 5.10 Å². The van der Waals surface area contributed by atoms with Crippen LogP contribution in [0.4, 0.5) is 0 Å². The molecule has 7 heteroatoms. The molecule has 0 unspecified atom stereocenters. The summed E-state index contributed by atoms with van der Waals surface area (Å²) in [6, 6.07) is 13.6. The van der Waals surface area contributed by atoms with E-state index in [1.807, 2.05) is 49.1 Å². The summed E-state index contributed by atoms with van der Waals surface area (Å²) in [5.41, 5.74) is 5.59. The molecular formula is C24H27ClN4O2. The monoisotopic (exact) mass is 438 g/mol. The van der Waals surface area contributed by atoms with Crippen molar-refractivity contribution in [1.29, 1.82) is 0 Å². The van der Waals surface area contributed by atoms with Gasteiger partial charge < -0.3 is 15.0 Å². The van der Waals surface area contributed by atoms with Crippen LogP contribution < -0.4 is 10.1 Å². The molecule has 0 saturated carbocycles. The Kier molecular flexibility index (Phi) is 6.30. The second kappa shape index (κ2) is 9.12. The topological polar surface area (TPSA) is 59.4 Å². The van der Waals surface area contributed by atoms with Crippen LogP contribution in [0, 0.1) is 0 Å². The van der Waals surface area contributed by atoms with Gasteiger partial charge in [-0.05, 0) is 87.9 Å². The van der Waals surface area contributed by atoms with Crippen LogP contribution >= 0.6 is 11.6 Å². The summed E-state index contributed by atoms with van der Waals surface area (Å²) < 4.78 is 7.27. The van der Waals surface area contributed by atoms with Gasteiger partial charge >= 0.3 is 0 Å². The van der Waals surface area contributed by atoms with Gasteiger partial charge in [-0.25, -0.2) is 4.68 Å². The van der Waals surface area contributed by atoms with Gasteiger partial charge in [-0.1, -0.05) is 11.6 Å². The van der Waals surface area contributed by atoms with E-state index in [9.17, 15) is 4.79 Å². The zero-order valence-corrected chi connectivity index (χ0v) is 18.9. The molecule has 0 atom stereocenters. The smallest absolute Gasteiger partial charge is 0.272 e. The molecule has 2 aromatic carbocycles. The average Bonchev–Trinajstić information content (AvgIpc) is 3.16. The zero-order valence-electron chi connectivity index (χ0n) is 18.1. The van der Waals surface area contributed by atoms with Gasteiger partial charge in [-0.15, -0.1) is 0 Å². The van der Waals surface area contributed by atoms with Crippen molar-refractivity contribution in [2.45, 2.75) is 19.3 Å². The zero-order chi connectivity index (χ0) is 22.0. The Balaban J connectivity index is 1.75. The molecule has 0 saturated heterocycles. The minimum atomic E-state index is -0.125. The molecule has 1 N–H and O–H groups in total. The van der Waals surface area contributed by atoms with Gasteiger partial charge in [0.25, 0.3) is 5.91 Å². The van der Waals surface area contributed by atoms with Gasteiger partial charge in [0.05, 0.1) is 18.5 Å². The molecule has 31 heavy (non-hydrogen) atoms. The number of amides is 1. The number of carbonyl (C=O) groups is 1. The Hall–Kier alpha value is -2.83. The number of rotatable bonds is 7. The number of methoxy groups -OCH3 is 1. The van der Waals surface area contributed by atoms with Crippen molar-refractivity contribution in [2.24, 2.45) is 0 Å². The van der Waals surface area contributed by atoms with E-state index in [0.717, 1.165) is 54.1 Å². The van der Waals surface area contributed by atoms with E-state index >= 15 is 0 Å². The van der Waals surface area contributed by atoms with Crippen molar-refractivity contribution >= 4 is 17.5 Å². The van der Waals surface area contributed by atoms with Crippen LogP contribution in [0.2, 0.25) is 5.02 Å². The number of nitrogens with zero attached hydrogens (tertiary/aromatic N) is 3. The lowest BCUT2D eigenvalue weighted by molar-refractivity contribution is 0.0946. The summed E-state index contributed by atoms with van der Waals surface area (Å²) in [4.78, 5) is 15.1. The quantitative estimate of drug-likeness (QED) is 0.567. The summed E-state index contributed by atoms with van der Waals surface area (Å²) in [6.07, 6.45) is 2.48. The first-order chi connectivity index (χ1) is 15.0. The van der Waals surface area contributed by atoms with E-state index < -0.39 is 0 Å². The number of aromatic nitrogens is 2. The van der Waals surface area contributed by atoms with Crippen LogP contribution in [0.5, 0.6) is 5.75 Å². The molecule has 1 aromatic heterocycles. The number of hydrogen-bond acceptors (Lipinski definition) is 4. The number of nitrogens with one attached hydrogen (secondary N) is 1. The molecule has 0 bridgehead atoms. The van der Waals surface area contributed by atoms with Crippen molar-refractivity contribution in [3.63, 3.8) is 0 Å². The fourth-order valence-corrected chi connectivity index (χ4v) is 4.12. The molecule has 6 nitrogen and oxygen atoms in total. The molecule has 1 aliphatic rings. The van der Waals surface area contributed by atoms with Crippen molar-refractivity contribution in [3.8, 4) is 22.7 Å². The van der Waals surface area contributed by atoms with Gasteiger partial charge in [0.1, 0.15) is 5.75 Å². The van der Waals surface area contributed by atoms with Crippen LogP contribution in [0.3, 0.4) is 0 Å². The number of carbonyl (C=O) groups excluding carboxylic acids is 1. The first-order valence-corrected chi connectivity index (χ1v) is 10.8. The highest BCUT2D eigenvalue weighted by Gasteiger charge is 2.29. The Bertz CT molecular complexity index is 1090. The predicted octanol–water partition coefficient (Wildman–Crippen LogP) is 3.98. The highest BCUT2D eigenvalue weighted by Crippen LogP contribution is 2.38. The second-order valence-corrected chi connectivity index (χ2v) is 8.44. The minimum Gasteiger partial charge on any atom is -0.497 e. The lowest BCUT2D eigenvalue weighted by atomic mass is 9.88. The number of benzene rings is 2. The van der Waals surface area contributed by atoms with E-state index in [1.165, 1.54) is 5.56 Å². The maximum Gasteiger partial charge on any atom is 0.272 e. The molecule has 0 radical (unpaired) electrons. The van der Waals surface area contributed by atoms with Gasteiger partial charge in [0.2, 0.25) is 0 Å². The maximum absolute atomic E-state index is 13.0. The fourth-order valence-electron chi connectivity index (χ4n) is 3.99. The Morgan fingerprint density at radius 3 is 2.68 bits per heavy atom. The standard InChI is InChI=1S/C24H27ClN4O2/c1-28(2)14-4-13-26-24(30)22-21-11-5-16-15-19(31-3)10-12-20(16)23(21)29(27-22)18-8-6-17(25)7-9-18/h6-10,12,15H,4-5,11,13-14H2,1-3H3,(H,26,30). The highest BCUT2D eigenvalue weighted by atomic mass is 35.5. The summed E-state index contributed by atoms with van der Waals surface area (Å²) in [5.74, 6) is 0.707. The lowest BCUT2D eigenvalue weighted by Gasteiger charge is -2.19. The first-order valence-electron chi connectivity index (χ1n) is 10.5. The van der Waals surface area contributed by atoms with Crippen molar-refractivity contribution < 1.29 is 9.53 Å². The Morgan fingerprint density at radius 2 is 1.97 bits per heavy atom. The first kappa shape index (κ1) is 21.4. The SMILES string of the molecule is COc1ccc2c(c1)CCc1c(C(=O)NCCCN(C)C)nn(-c3ccc(Cl)cc3)c1-2. The molecule has 0 aliphatic heterocycles. The van der Waals surface area contributed by atoms with E-state index in [1.54, 1.807) is 7.11 Å². The molecule has 1 amide bonds. The summed E-state index contributed by atoms with van der Waals surface area (Å²) in [5, 5.41) is 8.47. The van der Waals surface area contributed by atoms with E-state index in [-0.39, 0.29) is 5.91 Å². The number of aryl methyl sites for hydroxylation is 1. The normalized spacial score (nSPS) is 12.4. The van der Waals surface area contributed by atoms with Crippen molar-refractivity contribution in [3.05, 3.63) is 64.3 Å². The molecule has 0 spiro atoms. The van der Waals surface area contributed by atoms with Gasteiger partial charge in [-0.3, -0.25) is 4.79 Å². The number of halogens is 1. The lowest BCUT2D eigenvalue weighted by Crippen LogP contribution is -2.28. The van der Waals surface area contributed by atoms with E-state index in [4.69, 9.17) is 21.4 Å². The Morgan fingerprint density at radius 1 is 1.19 bits per heavy atom. The molecule has 4 rings (SSSR count). The summed E-state index contributed by atoms with van der Waals surface area (Å²) in [7, 11) is 5.73. The van der Waals surface area contributed by atoms with Crippen LogP contribution in [0.15, 0.2) is 42.5 Å². The summed E-state index contributed by atoms with van der Waals surface area (Å²) >= 11 is 6.09. The molecule has 162 valence electrons. The number of fused-ring (bicyclic) bond motifs is 3. The highest BCUT2D eigenvalue weighted by molar-refractivity contribution is 6.30. The third-order valence-corrected chi connectivity index (χ3v) is 5.80. The van der Waals surface area contributed by atoms with Crippen molar-refractivity contribution in [2.75, 3.05) is 34.3 Å². The van der Waals surface area contributed by atoms with Gasteiger partial charge in [0.15, 0.2) is 5.69 Å². The third kappa shape index (κ3) is 4.45. The fraction of sp³-hybridized carbons (Fsp3) is 0.333. The van der Waals surface area contributed by atoms with Crippen LogP contribution in [-0.2, 0) is 12.8 Å². The molecule has 1 aliphatic carbocycles. The average molecular weight is 439 g/mol.